The van der Waals surface area contributed by atoms with Gasteiger partial charge >= 0.3 is 0 Å². The summed E-state index contributed by atoms with van der Waals surface area (Å²) in [6.45, 7) is 3.95. The minimum absolute atomic E-state index is 0.0539. The summed E-state index contributed by atoms with van der Waals surface area (Å²) >= 11 is 12.4. The highest BCUT2D eigenvalue weighted by Gasteiger charge is 2.23. The van der Waals surface area contributed by atoms with Crippen LogP contribution >= 0.6 is 23.2 Å². The Morgan fingerprint density at radius 1 is 1.10 bits per heavy atom. The number of nitrogens with zero attached hydrogens (tertiary/aromatic N) is 3. The minimum Gasteiger partial charge on any atom is -0.249 e. The van der Waals surface area contributed by atoms with E-state index in [0.717, 1.165) is 11.1 Å². The van der Waals surface area contributed by atoms with Crippen LogP contribution in [0.4, 0.5) is 0 Å². The molecule has 0 fully saturated rings. The van der Waals surface area contributed by atoms with Gasteiger partial charge in [-0.2, -0.15) is 10.4 Å². The smallest absolute Gasteiger partial charge is 0.216 e. The normalized spacial score (nSPS) is 12.0. The van der Waals surface area contributed by atoms with Crippen molar-refractivity contribution in [1.82, 2.24) is 9.78 Å². The standard InChI is InChI=1S/C21H17Cl2N3O2S/c1-14-3-9-18(10-4-14)29(27,28)19(12-24)11-20-15(2)25-26(21(20)23)13-16-5-7-17(22)8-6-16/h3-11H,13H2,1-2H3/b19-11+. The lowest BCUT2D eigenvalue weighted by Crippen LogP contribution is -2.04. The van der Waals surface area contributed by atoms with Crippen LogP contribution in [0.3, 0.4) is 0 Å². The molecule has 148 valence electrons. The molecule has 0 radical (unpaired) electrons. The van der Waals surface area contributed by atoms with Gasteiger partial charge < -0.3 is 0 Å². The molecule has 0 bridgehead atoms. The third kappa shape index (κ3) is 4.54. The molecule has 0 aliphatic carbocycles. The molecule has 5 nitrogen and oxygen atoms in total. The number of halogens is 2. The molecule has 29 heavy (non-hydrogen) atoms. The van der Waals surface area contributed by atoms with Gasteiger partial charge in [0.05, 0.1) is 17.1 Å². The highest BCUT2D eigenvalue weighted by Crippen LogP contribution is 2.27. The molecule has 0 aliphatic rings. The van der Waals surface area contributed by atoms with Crippen molar-refractivity contribution in [3.05, 3.63) is 86.0 Å². The van der Waals surface area contributed by atoms with Crippen molar-refractivity contribution in [1.29, 1.82) is 5.26 Å². The quantitative estimate of drug-likeness (QED) is 0.506. The van der Waals surface area contributed by atoms with E-state index in [2.05, 4.69) is 5.10 Å². The number of nitriles is 1. The highest BCUT2D eigenvalue weighted by atomic mass is 35.5. The molecule has 0 aliphatic heterocycles. The highest BCUT2D eigenvalue weighted by molar-refractivity contribution is 7.95. The number of hydrogen-bond acceptors (Lipinski definition) is 4. The Balaban J connectivity index is 2.00. The number of allylic oxidation sites excluding steroid dienone is 1. The maximum atomic E-state index is 12.9. The topological polar surface area (TPSA) is 75.8 Å². The zero-order valence-electron chi connectivity index (χ0n) is 15.7. The first-order chi connectivity index (χ1) is 13.7. The zero-order chi connectivity index (χ0) is 21.2. The molecule has 3 rings (SSSR count). The van der Waals surface area contributed by atoms with Crippen LogP contribution in [0, 0.1) is 25.2 Å². The average molecular weight is 446 g/mol. The van der Waals surface area contributed by atoms with E-state index in [0.29, 0.717) is 22.8 Å². The van der Waals surface area contributed by atoms with Gasteiger partial charge in [-0.05, 0) is 49.8 Å². The summed E-state index contributed by atoms with van der Waals surface area (Å²) in [6, 6.07) is 15.4. The molecule has 2 aromatic carbocycles. The van der Waals surface area contributed by atoms with Crippen LogP contribution < -0.4 is 0 Å². The van der Waals surface area contributed by atoms with Crippen molar-refractivity contribution in [2.45, 2.75) is 25.3 Å². The van der Waals surface area contributed by atoms with Crippen molar-refractivity contribution in [2.24, 2.45) is 0 Å². The third-order valence-electron chi connectivity index (χ3n) is 4.36. The lowest BCUT2D eigenvalue weighted by Gasteiger charge is -2.05. The summed E-state index contributed by atoms with van der Waals surface area (Å²) in [5.74, 6) is 0. The van der Waals surface area contributed by atoms with Crippen LogP contribution in [0.15, 0.2) is 58.3 Å². The van der Waals surface area contributed by atoms with Gasteiger partial charge in [-0.25, -0.2) is 13.1 Å². The summed E-state index contributed by atoms with van der Waals surface area (Å²) in [5, 5.41) is 14.8. The lowest BCUT2D eigenvalue weighted by atomic mass is 10.2. The first-order valence-corrected chi connectivity index (χ1v) is 10.9. The van der Waals surface area contributed by atoms with Crippen molar-refractivity contribution < 1.29 is 8.42 Å². The summed E-state index contributed by atoms with van der Waals surface area (Å²) in [5.41, 5.74) is 2.78. The molecule has 1 aromatic heterocycles. The van der Waals surface area contributed by atoms with Gasteiger partial charge in [0.25, 0.3) is 0 Å². The molecule has 8 heteroatoms. The third-order valence-corrected chi connectivity index (χ3v) is 6.69. The van der Waals surface area contributed by atoms with Gasteiger partial charge in [-0.3, -0.25) is 0 Å². The number of hydrogen-bond donors (Lipinski definition) is 0. The minimum atomic E-state index is -3.96. The fourth-order valence-electron chi connectivity index (χ4n) is 2.74. The number of benzene rings is 2. The number of sulfone groups is 1. The van der Waals surface area contributed by atoms with E-state index in [1.54, 1.807) is 41.9 Å². The van der Waals surface area contributed by atoms with E-state index in [-0.39, 0.29) is 10.0 Å². The Kier molecular flexibility index (Phi) is 6.13. The second-order valence-corrected chi connectivity index (χ2v) is 9.22. The second kappa shape index (κ2) is 8.42. The Morgan fingerprint density at radius 2 is 1.72 bits per heavy atom. The van der Waals surface area contributed by atoms with Gasteiger partial charge in [0.15, 0.2) is 0 Å². The van der Waals surface area contributed by atoms with Crippen LogP contribution in [-0.2, 0) is 16.4 Å². The van der Waals surface area contributed by atoms with Crippen molar-refractivity contribution in [3.63, 3.8) is 0 Å². The lowest BCUT2D eigenvalue weighted by molar-refractivity contribution is 0.603. The maximum absolute atomic E-state index is 12.9. The average Bonchev–Trinajstić information content (AvgIpc) is 2.94. The molecule has 0 spiro atoms. The van der Waals surface area contributed by atoms with E-state index in [1.165, 1.54) is 18.2 Å². The Hall–Kier alpha value is -2.59. The van der Waals surface area contributed by atoms with Crippen molar-refractivity contribution >= 4 is 39.1 Å². The Labute approximate surface area is 179 Å². The predicted octanol–water partition coefficient (Wildman–Crippen LogP) is 5.19. The van der Waals surface area contributed by atoms with Crippen LogP contribution in [0.1, 0.15) is 22.4 Å². The fraction of sp³-hybridized carbons (Fsp3) is 0.143. The zero-order valence-corrected chi connectivity index (χ0v) is 18.1. The molecule has 0 atom stereocenters. The van der Waals surface area contributed by atoms with Gasteiger partial charge in [-0.15, -0.1) is 0 Å². The first kappa shape index (κ1) is 21.1. The van der Waals surface area contributed by atoms with Crippen molar-refractivity contribution in [2.75, 3.05) is 0 Å². The maximum Gasteiger partial charge on any atom is 0.216 e. The van der Waals surface area contributed by atoms with E-state index in [9.17, 15) is 13.7 Å². The molecular formula is C21H17Cl2N3O2S. The Morgan fingerprint density at radius 3 is 2.31 bits per heavy atom. The molecule has 0 amide bonds. The molecule has 3 aromatic rings. The number of aryl methyl sites for hydroxylation is 2. The monoisotopic (exact) mass is 445 g/mol. The van der Waals surface area contributed by atoms with Gasteiger partial charge in [0.2, 0.25) is 9.84 Å². The predicted molar refractivity (Wildman–Crippen MR) is 114 cm³/mol. The van der Waals surface area contributed by atoms with Gasteiger partial charge in [0, 0.05) is 10.6 Å². The van der Waals surface area contributed by atoms with E-state index in [1.807, 2.05) is 19.1 Å². The SMILES string of the molecule is Cc1ccc(S(=O)(=O)/C(C#N)=C/c2c(C)nn(Cc3ccc(Cl)cc3)c2Cl)cc1. The van der Waals surface area contributed by atoms with E-state index < -0.39 is 14.7 Å². The molecular weight excluding hydrogens is 429 g/mol. The summed E-state index contributed by atoms with van der Waals surface area (Å²) in [6.07, 6.45) is 1.28. The van der Waals surface area contributed by atoms with Crippen LogP contribution in [0.5, 0.6) is 0 Å². The largest absolute Gasteiger partial charge is 0.249 e. The fourth-order valence-corrected chi connectivity index (χ4v) is 4.30. The van der Waals surface area contributed by atoms with Crippen molar-refractivity contribution in [3.8, 4) is 6.07 Å². The Bertz CT molecular complexity index is 1220. The molecule has 0 unspecified atom stereocenters. The molecule has 0 saturated carbocycles. The summed E-state index contributed by atoms with van der Waals surface area (Å²) in [7, 11) is -3.96. The second-order valence-electron chi connectivity index (χ2n) is 6.51. The van der Waals surface area contributed by atoms with E-state index in [4.69, 9.17) is 23.2 Å². The number of rotatable bonds is 5. The summed E-state index contributed by atoms with van der Waals surface area (Å²) < 4.78 is 27.3. The van der Waals surface area contributed by atoms with Crippen LogP contribution in [0.25, 0.3) is 6.08 Å². The van der Waals surface area contributed by atoms with Crippen LogP contribution in [0.2, 0.25) is 10.2 Å². The summed E-state index contributed by atoms with van der Waals surface area (Å²) in [4.78, 5) is -0.337. The first-order valence-electron chi connectivity index (χ1n) is 8.63. The number of aromatic nitrogens is 2. The molecule has 0 N–H and O–H groups in total. The molecule has 1 heterocycles. The van der Waals surface area contributed by atoms with Gasteiger partial charge in [0.1, 0.15) is 16.1 Å². The van der Waals surface area contributed by atoms with Crippen LogP contribution in [-0.4, -0.2) is 18.2 Å². The van der Waals surface area contributed by atoms with Gasteiger partial charge in [-0.1, -0.05) is 53.0 Å². The van der Waals surface area contributed by atoms with E-state index >= 15 is 0 Å². The molecule has 0 saturated heterocycles.